The van der Waals surface area contributed by atoms with Crippen LogP contribution in [0.2, 0.25) is 0 Å². The number of methoxy groups -OCH3 is 1. The molecule has 0 saturated heterocycles. The number of para-hydroxylation sites is 1. The third-order valence-corrected chi connectivity index (χ3v) is 4.53. The smallest absolute Gasteiger partial charge is 0.0724 e. The first-order valence-corrected chi connectivity index (χ1v) is 7.45. The summed E-state index contributed by atoms with van der Waals surface area (Å²) in [6.07, 6.45) is 5.36. The van der Waals surface area contributed by atoms with E-state index in [0.29, 0.717) is 18.1 Å². The van der Waals surface area contributed by atoms with Gasteiger partial charge in [0.1, 0.15) is 0 Å². The number of fused-ring (bicyclic) bond motifs is 1. The van der Waals surface area contributed by atoms with Gasteiger partial charge in [-0.2, -0.15) is 0 Å². The minimum atomic E-state index is 0.420. The molecule has 3 rings (SSSR count). The Morgan fingerprint density at radius 3 is 3.11 bits per heavy atom. The van der Waals surface area contributed by atoms with E-state index < -0.39 is 0 Å². The van der Waals surface area contributed by atoms with Crippen molar-refractivity contribution in [2.24, 2.45) is 5.92 Å². The molecule has 0 spiro atoms. The fourth-order valence-electron chi connectivity index (χ4n) is 3.41. The quantitative estimate of drug-likeness (QED) is 0.872. The van der Waals surface area contributed by atoms with E-state index in [0.717, 1.165) is 13.1 Å². The van der Waals surface area contributed by atoms with Gasteiger partial charge in [-0.05, 0) is 43.2 Å². The molecule has 1 fully saturated rings. The summed E-state index contributed by atoms with van der Waals surface area (Å²) in [5.41, 5.74) is 2.77. The molecule has 0 aromatic heterocycles. The van der Waals surface area contributed by atoms with E-state index in [1.54, 1.807) is 0 Å². The molecule has 0 amide bonds. The van der Waals surface area contributed by atoms with E-state index in [1.807, 2.05) is 7.11 Å². The number of ether oxygens (including phenoxy) is 1. The van der Waals surface area contributed by atoms with Crippen LogP contribution in [0.1, 0.15) is 24.8 Å². The highest BCUT2D eigenvalue weighted by Crippen LogP contribution is 2.25. The molecule has 2 aliphatic rings. The predicted molar refractivity (Wildman–Crippen MR) is 78.6 cm³/mol. The Morgan fingerprint density at radius 1 is 1.32 bits per heavy atom. The average molecular weight is 260 g/mol. The fourth-order valence-corrected chi connectivity index (χ4v) is 3.41. The van der Waals surface area contributed by atoms with Crippen molar-refractivity contribution in [1.82, 2.24) is 5.32 Å². The summed E-state index contributed by atoms with van der Waals surface area (Å²) >= 11 is 0. The molecule has 0 radical (unpaired) electrons. The Balaban J connectivity index is 1.52. The van der Waals surface area contributed by atoms with Crippen LogP contribution in [0.15, 0.2) is 24.3 Å². The number of hydrogen-bond acceptors (Lipinski definition) is 3. The van der Waals surface area contributed by atoms with Crippen molar-refractivity contribution in [1.29, 1.82) is 0 Å². The van der Waals surface area contributed by atoms with Crippen molar-refractivity contribution in [3.05, 3.63) is 29.8 Å². The lowest BCUT2D eigenvalue weighted by Gasteiger charge is -2.28. The molecule has 3 nitrogen and oxygen atoms in total. The van der Waals surface area contributed by atoms with Crippen LogP contribution in [0.4, 0.5) is 5.69 Å². The third kappa shape index (κ3) is 2.93. The van der Waals surface area contributed by atoms with Gasteiger partial charge in [0.25, 0.3) is 0 Å². The number of benzene rings is 1. The fraction of sp³-hybridized carbons (Fsp3) is 0.625. The van der Waals surface area contributed by atoms with E-state index >= 15 is 0 Å². The lowest BCUT2D eigenvalue weighted by molar-refractivity contribution is 0.0839. The monoisotopic (exact) mass is 260 g/mol. The van der Waals surface area contributed by atoms with Gasteiger partial charge >= 0.3 is 0 Å². The standard InChI is InChI=1S/C16H24N2O/c1-19-16-8-4-7-15(16)18-11-12-9-13-5-2-3-6-14(13)17-10-12/h2-3,5-6,12,15-18H,4,7-11H2,1H3. The van der Waals surface area contributed by atoms with Gasteiger partial charge in [0.2, 0.25) is 0 Å². The van der Waals surface area contributed by atoms with Gasteiger partial charge in [-0.25, -0.2) is 0 Å². The van der Waals surface area contributed by atoms with E-state index in [9.17, 15) is 0 Å². The van der Waals surface area contributed by atoms with Crippen LogP contribution in [-0.4, -0.2) is 32.3 Å². The third-order valence-electron chi connectivity index (χ3n) is 4.53. The van der Waals surface area contributed by atoms with E-state index in [-0.39, 0.29) is 0 Å². The first-order chi connectivity index (χ1) is 9.36. The summed E-state index contributed by atoms with van der Waals surface area (Å²) < 4.78 is 5.54. The molecule has 1 aromatic carbocycles. The second-order valence-corrected chi connectivity index (χ2v) is 5.83. The van der Waals surface area contributed by atoms with Crippen molar-refractivity contribution in [2.45, 2.75) is 37.8 Å². The molecule has 1 aliphatic carbocycles. The zero-order valence-corrected chi connectivity index (χ0v) is 11.7. The van der Waals surface area contributed by atoms with Gasteiger partial charge in [0.05, 0.1) is 6.10 Å². The molecule has 104 valence electrons. The van der Waals surface area contributed by atoms with Crippen molar-refractivity contribution >= 4 is 5.69 Å². The highest BCUT2D eigenvalue weighted by Gasteiger charge is 2.27. The summed E-state index contributed by atoms with van der Waals surface area (Å²) in [7, 11) is 1.84. The van der Waals surface area contributed by atoms with Crippen molar-refractivity contribution in [3.63, 3.8) is 0 Å². The highest BCUT2D eigenvalue weighted by atomic mass is 16.5. The maximum Gasteiger partial charge on any atom is 0.0724 e. The van der Waals surface area contributed by atoms with Crippen LogP contribution in [-0.2, 0) is 11.2 Å². The maximum absolute atomic E-state index is 5.54. The Morgan fingerprint density at radius 2 is 2.21 bits per heavy atom. The largest absolute Gasteiger partial charge is 0.384 e. The van der Waals surface area contributed by atoms with Crippen molar-refractivity contribution in [2.75, 3.05) is 25.5 Å². The SMILES string of the molecule is COC1CCCC1NCC1CNc2ccccc2C1. The van der Waals surface area contributed by atoms with E-state index in [1.165, 1.54) is 36.9 Å². The molecule has 1 saturated carbocycles. The Hall–Kier alpha value is -1.06. The summed E-state index contributed by atoms with van der Waals surface area (Å²) in [6.45, 7) is 2.17. The zero-order valence-electron chi connectivity index (χ0n) is 11.7. The first-order valence-electron chi connectivity index (χ1n) is 7.45. The first kappa shape index (κ1) is 12.9. The summed E-state index contributed by atoms with van der Waals surface area (Å²) in [5, 5.41) is 7.26. The second-order valence-electron chi connectivity index (χ2n) is 5.83. The molecular formula is C16H24N2O. The normalized spacial score (nSPS) is 29.8. The van der Waals surface area contributed by atoms with Crippen LogP contribution in [0.5, 0.6) is 0 Å². The molecule has 2 N–H and O–H groups in total. The topological polar surface area (TPSA) is 33.3 Å². The van der Waals surface area contributed by atoms with Crippen LogP contribution < -0.4 is 10.6 Å². The molecule has 3 atom stereocenters. The molecule has 1 aromatic rings. The summed E-state index contributed by atoms with van der Waals surface area (Å²) in [4.78, 5) is 0. The molecule has 1 aliphatic heterocycles. The summed E-state index contributed by atoms with van der Waals surface area (Å²) in [5.74, 6) is 0.688. The van der Waals surface area contributed by atoms with Crippen molar-refractivity contribution < 1.29 is 4.74 Å². The van der Waals surface area contributed by atoms with Crippen LogP contribution >= 0.6 is 0 Å². The van der Waals surface area contributed by atoms with Gasteiger partial charge in [0.15, 0.2) is 0 Å². The minimum Gasteiger partial charge on any atom is -0.384 e. The summed E-state index contributed by atoms with van der Waals surface area (Å²) in [6, 6.07) is 9.21. The molecule has 0 bridgehead atoms. The molecule has 3 heteroatoms. The van der Waals surface area contributed by atoms with E-state index in [2.05, 4.69) is 34.9 Å². The molecular weight excluding hydrogens is 236 g/mol. The Labute approximate surface area is 115 Å². The van der Waals surface area contributed by atoms with Gasteiger partial charge in [-0.3, -0.25) is 0 Å². The van der Waals surface area contributed by atoms with Gasteiger partial charge in [0, 0.05) is 31.9 Å². The zero-order chi connectivity index (χ0) is 13.1. The minimum absolute atomic E-state index is 0.420. The Bertz CT molecular complexity index is 421. The molecule has 1 heterocycles. The van der Waals surface area contributed by atoms with Crippen LogP contribution in [0.3, 0.4) is 0 Å². The average Bonchev–Trinajstić information content (AvgIpc) is 2.92. The molecule has 3 unspecified atom stereocenters. The maximum atomic E-state index is 5.54. The van der Waals surface area contributed by atoms with Crippen LogP contribution in [0, 0.1) is 5.92 Å². The van der Waals surface area contributed by atoms with Gasteiger partial charge in [-0.1, -0.05) is 18.2 Å². The number of hydrogen-bond donors (Lipinski definition) is 2. The van der Waals surface area contributed by atoms with Gasteiger partial charge in [-0.15, -0.1) is 0 Å². The van der Waals surface area contributed by atoms with Crippen molar-refractivity contribution in [3.8, 4) is 0 Å². The van der Waals surface area contributed by atoms with Gasteiger partial charge < -0.3 is 15.4 Å². The number of anilines is 1. The Kier molecular flexibility index (Phi) is 4.04. The number of rotatable bonds is 4. The second kappa shape index (κ2) is 5.93. The lowest BCUT2D eigenvalue weighted by Crippen LogP contribution is -2.42. The van der Waals surface area contributed by atoms with Crippen LogP contribution in [0.25, 0.3) is 0 Å². The number of nitrogens with one attached hydrogen (secondary N) is 2. The van der Waals surface area contributed by atoms with E-state index in [4.69, 9.17) is 4.74 Å². The molecule has 19 heavy (non-hydrogen) atoms. The predicted octanol–water partition coefficient (Wildman–Crippen LogP) is 2.43. The highest BCUT2D eigenvalue weighted by molar-refractivity contribution is 5.53. The lowest BCUT2D eigenvalue weighted by atomic mass is 9.93.